The number of nitrogens with zero attached hydrogens (tertiary/aromatic N) is 2. The zero-order chi connectivity index (χ0) is 15.8. The van der Waals surface area contributed by atoms with Crippen LogP contribution < -0.4 is 10.6 Å². The van der Waals surface area contributed by atoms with Crippen LogP contribution in [0.5, 0.6) is 0 Å². The summed E-state index contributed by atoms with van der Waals surface area (Å²) in [5.74, 6) is -0.199. The smallest absolute Gasteiger partial charge is 0.221 e. The quantitative estimate of drug-likeness (QED) is 0.808. The number of rotatable bonds is 7. The minimum atomic E-state index is -0.127. The van der Waals surface area contributed by atoms with Gasteiger partial charge < -0.3 is 10.6 Å². The topological polar surface area (TPSA) is 84.0 Å². The number of amides is 2. The molecular formula is C15H18N4O2S. The fraction of sp³-hybridized carbons (Fsp3) is 0.333. The van der Waals surface area contributed by atoms with Crippen LogP contribution in [0.4, 0.5) is 0 Å². The first-order valence-electron chi connectivity index (χ1n) is 7.01. The Balaban J connectivity index is 1.73. The molecule has 2 aromatic rings. The van der Waals surface area contributed by atoms with Gasteiger partial charge in [-0.05, 0) is 12.1 Å². The van der Waals surface area contributed by atoms with Crippen molar-refractivity contribution < 1.29 is 9.59 Å². The molecule has 2 heterocycles. The molecule has 0 aliphatic carbocycles. The van der Waals surface area contributed by atoms with E-state index in [9.17, 15) is 9.59 Å². The largest absolute Gasteiger partial charge is 0.356 e. The monoisotopic (exact) mass is 318 g/mol. The lowest BCUT2D eigenvalue weighted by Crippen LogP contribution is -2.30. The van der Waals surface area contributed by atoms with Gasteiger partial charge in [-0.15, -0.1) is 11.3 Å². The summed E-state index contributed by atoms with van der Waals surface area (Å²) in [5, 5.41) is 8.33. The SMILES string of the molecule is CC(=O)NCCC(=O)NCCc1csc(-c2cccnc2)n1. The molecule has 2 N–H and O–H groups in total. The average molecular weight is 318 g/mol. The molecule has 0 aliphatic heterocycles. The summed E-state index contributed by atoms with van der Waals surface area (Å²) in [6.07, 6.45) is 4.49. The third-order valence-electron chi connectivity index (χ3n) is 2.89. The molecule has 2 amide bonds. The van der Waals surface area contributed by atoms with Gasteiger partial charge in [-0.2, -0.15) is 0 Å². The molecule has 6 nitrogen and oxygen atoms in total. The van der Waals surface area contributed by atoms with Gasteiger partial charge in [-0.1, -0.05) is 0 Å². The van der Waals surface area contributed by atoms with Crippen LogP contribution in [0, 0.1) is 0 Å². The number of pyridine rings is 1. The van der Waals surface area contributed by atoms with Crippen molar-refractivity contribution in [1.82, 2.24) is 20.6 Å². The zero-order valence-corrected chi connectivity index (χ0v) is 13.2. The Hall–Kier alpha value is -2.28. The molecule has 0 atom stereocenters. The second-order valence-corrected chi connectivity index (χ2v) is 5.58. The third kappa shape index (κ3) is 5.25. The van der Waals surface area contributed by atoms with Gasteiger partial charge in [0.25, 0.3) is 0 Å². The molecule has 0 radical (unpaired) electrons. The Morgan fingerprint density at radius 1 is 1.27 bits per heavy atom. The van der Waals surface area contributed by atoms with E-state index < -0.39 is 0 Å². The van der Waals surface area contributed by atoms with E-state index in [1.807, 2.05) is 17.5 Å². The van der Waals surface area contributed by atoms with Crippen molar-refractivity contribution in [2.75, 3.05) is 13.1 Å². The number of carbonyl (C=O) groups excluding carboxylic acids is 2. The number of carbonyl (C=O) groups is 2. The Morgan fingerprint density at radius 3 is 2.86 bits per heavy atom. The maximum Gasteiger partial charge on any atom is 0.221 e. The normalized spacial score (nSPS) is 10.2. The van der Waals surface area contributed by atoms with Crippen molar-refractivity contribution >= 4 is 23.2 Å². The summed E-state index contributed by atoms with van der Waals surface area (Å²) in [4.78, 5) is 30.9. The number of hydrogen-bond donors (Lipinski definition) is 2. The maximum absolute atomic E-state index is 11.6. The first-order valence-corrected chi connectivity index (χ1v) is 7.89. The van der Waals surface area contributed by atoms with Crippen molar-refractivity contribution in [3.05, 3.63) is 35.6 Å². The molecule has 0 spiro atoms. The van der Waals surface area contributed by atoms with Crippen molar-refractivity contribution in [2.45, 2.75) is 19.8 Å². The van der Waals surface area contributed by atoms with Crippen LogP contribution in [0.3, 0.4) is 0 Å². The summed E-state index contributed by atoms with van der Waals surface area (Å²) >= 11 is 1.57. The Kier molecular flexibility index (Phi) is 6.02. The number of nitrogens with one attached hydrogen (secondary N) is 2. The van der Waals surface area contributed by atoms with Crippen LogP contribution in [0.25, 0.3) is 10.6 Å². The lowest BCUT2D eigenvalue weighted by atomic mass is 10.3. The fourth-order valence-corrected chi connectivity index (χ4v) is 2.66. The molecule has 0 saturated carbocycles. The fourth-order valence-electron chi connectivity index (χ4n) is 1.81. The molecule has 0 aliphatic rings. The van der Waals surface area contributed by atoms with E-state index in [4.69, 9.17) is 0 Å². The van der Waals surface area contributed by atoms with E-state index in [-0.39, 0.29) is 18.2 Å². The van der Waals surface area contributed by atoms with E-state index in [2.05, 4.69) is 20.6 Å². The molecular weight excluding hydrogens is 300 g/mol. The number of hydrogen-bond acceptors (Lipinski definition) is 5. The summed E-state index contributed by atoms with van der Waals surface area (Å²) in [5.41, 5.74) is 1.95. The first kappa shape index (κ1) is 16.1. The van der Waals surface area contributed by atoms with Gasteiger partial charge in [0.15, 0.2) is 0 Å². The molecule has 116 valence electrons. The van der Waals surface area contributed by atoms with E-state index in [1.54, 1.807) is 23.7 Å². The van der Waals surface area contributed by atoms with Gasteiger partial charge in [0.05, 0.1) is 5.69 Å². The predicted molar refractivity (Wildman–Crippen MR) is 85.4 cm³/mol. The standard InChI is InChI=1S/C15H18N4O2S/c1-11(20)17-8-5-14(21)18-7-4-13-10-22-15(19-13)12-3-2-6-16-9-12/h2-3,6,9-10H,4-5,7-8H2,1H3,(H,17,20)(H,18,21). The molecule has 0 unspecified atom stereocenters. The van der Waals surface area contributed by atoms with Crippen LogP contribution in [-0.2, 0) is 16.0 Å². The van der Waals surface area contributed by atoms with Gasteiger partial charge in [0.1, 0.15) is 5.01 Å². The molecule has 0 bridgehead atoms. The minimum absolute atomic E-state index is 0.0727. The van der Waals surface area contributed by atoms with Gasteiger partial charge in [0, 0.05) is 56.2 Å². The summed E-state index contributed by atoms with van der Waals surface area (Å²) in [7, 11) is 0. The third-order valence-corrected chi connectivity index (χ3v) is 3.83. The Morgan fingerprint density at radius 2 is 2.14 bits per heavy atom. The lowest BCUT2D eigenvalue weighted by Gasteiger charge is -2.04. The van der Waals surface area contributed by atoms with Crippen LogP contribution in [-0.4, -0.2) is 34.9 Å². The Bertz CT molecular complexity index is 627. The van der Waals surface area contributed by atoms with Crippen LogP contribution >= 0.6 is 11.3 Å². The van der Waals surface area contributed by atoms with Gasteiger partial charge in [-0.25, -0.2) is 4.98 Å². The summed E-state index contributed by atoms with van der Waals surface area (Å²) in [6.45, 7) is 2.33. The second-order valence-electron chi connectivity index (χ2n) is 4.72. The molecule has 2 aromatic heterocycles. The Labute approximate surface area is 133 Å². The number of thiazole rings is 1. The van der Waals surface area contributed by atoms with Crippen molar-refractivity contribution in [1.29, 1.82) is 0 Å². The van der Waals surface area contributed by atoms with Crippen LogP contribution in [0.15, 0.2) is 29.9 Å². The zero-order valence-electron chi connectivity index (χ0n) is 12.3. The average Bonchev–Trinajstić information content (AvgIpc) is 2.97. The van der Waals surface area contributed by atoms with Gasteiger partial charge >= 0.3 is 0 Å². The van der Waals surface area contributed by atoms with Crippen molar-refractivity contribution in [2.24, 2.45) is 0 Å². The van der Waals surface area contributed by atoms with E-state index in [0.29, 0.717) is 19.5 Å². The molecule has 0 aromatic carbocycles. The first-order chi connectivity index (χ1) is 10.6. The molecule has 7 heteroatoms. The van der Waals surface area contributed by atoms with Crippen LogP contribution in [0.2, 0.25) is 0 Å². The van der Waals surface area contributed by atoms with E-state index >= 15 is 0 Å². The summed E-state index contributed by atoms with van der Waals surface area (Å²) < 4.78 is 0. The van der Waals surface area contributed by atoms with Crippen molar-refractivity contribution in [3.8, 4) is 10.6 Å². The van der Waals surface area contributed by atoms with E-state index in [0.717, 1.165) is 16.3 Å². The second kappa shape index (κ2) is 8.23. The molecule has 2 rings (SSSR count). The molecule has 0 fully saturated rings. The molecule has 22 heavy (non-hydrogen) atoms. The van der Waals surface area contributed by atoms with Gasteiger partial charge in [0.2, 0.25) is 11.8 Å². The molecule has 0 saturated heterocycles. The maximum atomic E-state index is 11.6. The summed E-state index contributed by atoms with van der Waals surface area (Å²) in [6, 6.07) is 3.85. The van der Waals surface area contributed by atoms with E-state index in [1.165, 1.54) is 6.92 Å². The highest BCUT2D eigenvalue weighted by Gasteiger charge is 2.06. The predicted octanol–water partition coefficient (Wildman–Crippen LogP) is 1.39. The van der Waals surface area contributed by atoms with Gasteiger partial charge in [-0.3, -0.25) is 14.6 Å². The van der Waals surface area contributed by atoms with Crippen molar-refractivity contribution in [3.63, 3.8) is 0 Å². The lowest BCUT2D eigenvalue weighted by molar-refractivity contribution is -0.121. The van der Waals surface area contributed by atoms with Crippen LogP contribution in [0.1, 0.15) is 19.0 Å². The highest BCUT2D eigenvalue weighted by atomic mass is 32.1. The minimum Gasteiger partial charge on any atom is -0.356 e. The highest BCUT2D eigenvalue weighted by molar-refractivity contribution is 7.13. The highest BCUT2D eigenvalue weighted by Crippen LogP contribution is 2.22. The number of aromatic nitrogens is 2.